The molecule has 3 aromatic carbocycles. The monoisotopic (exact) mass is 456 g/mol. The number of ether oxygens (including phenoxy) is 2. The van der Waals surface area contributed by atoms with E-state index >= 15 is 0 Å². The van der Waals surface area contributed by atoms with Crippen LogP contribution in [0.15, 0.2) is 78.9 Å². The minimum absolute atomic E-state index is 0.0566. The minimum Gasteiger partial charge on any atom is -0.497 e. The van der Waals surface area contributed by atoms with Crippen LogP contribution in [0.1, 0.15) is 21.5 Å². The van der Waals surface area contributed by atoms with Gasteiger partial charge in [0.15, 0.2) is 0 Å². The third kappa shape index (κ3) is 5.12. The number of rotatable bonds is 6. The molecule has 0 radical (unpaired) electrons. The van der Waals surface area contributed by atoms with Crippen molar-refractivity contribution in [1.29, 1.82) is 0 Å². The van der Waals surface area contributed by atoms with Crippen molar-refractivity contribution in [2.75, 3.05) is 40.4 Å². The van der Waals surface area contributed by atoms with Gasteiger partial charge in [0.25, 0.3) is 11.8 Å². The van der Waals surface area contributed by atoms with E-state index < -0.39 is 0 Å². The van der Waals surface area contributed by atoms with E-state index in [2.05, 4.69) is 0 Å². The van der Waals surface area contributed by atoms with E-state index in [9.17, 15) is 9.59 Å². The van der Waals surface area contributed by atoms with Crippen molar-refractivity contribution in [2.24, 2.45) is 0 Å². The van der Waals surface area contributed by atoms with Gasteiger partial charge in [0, 0.05) is 42.9 Å². The number of hydrogen-bond donors (Lipinski definition) is 0. The molecule has 0 atom stereocenters. The second-order valence-electron chi connectivity index (χ2n) is 7.98. The zero-order chi connectivity index (χ0) is 23.9. The number of nitrogens with zero attached hydrogens (tertiary/aromatic N) is 2. The number of carbonyl (C=O) groups excluding carboxylic acids is 2. The Balaban J connectivity index is 1.53. The van der Waals surface area contributed by atoms with Gasteiger partial charge in [0.05, 0.1) is 14.2 Å². The van der Waals surface area contributed by atoms with Crippen LogP contribution in [0.2, 0.25) is 0 Å². The van der Waals surface area contributed by atoms with Gasteiger partial charge in [-0.05, 0) is 35.9 Å². The highest BCUT2D eigenvalue weighted by atomic mass is 16.5. The van der Waals surface area contributed by atoms with Gasteiger partial charge >= 0.3 is 0 Å². The van der Waals surface area contributed by atoms with Crippen LogP contribution in [-0.2, 0) is 4.79 Å². The summed E-state index contributed by atoms with van der Waals surface area (Å²) in [6.45, 7) is 1.87. The molecule has 1 saturated heterocycles. The average Bonchev–Trinajstić information content (AvgIpc) is 2.91. The second-order valence-corrected chi connectivity index (χ2v) is 7.98. The zero-order valence-corrected chi connectivity index (χ0v) is 19.4. The SMILES string of the molecule is COc1cccc(C(=O)N2CCN(C(=O)/C(=C/c3ccccc3OC)c3ccccc3)CC2)c1. The van der Waals surface area contributed by atoms with Crippen molar-refractivity contribution in [2.45, 2.75) is 0 Å². The number of hydrogen-bond acceptors (Lipinski definition) is 4. The van der Waals surface area contributed by atoms with Gasteiger partial charge in [-0.15, -0.1) is 0 Å². The maximum atomic E-state index is 13.6. The Hall–Kier alpha value is -4.06. The summed E-state index contributed by atoms with van der Waals surface area (Å²) in [6.07, 6.45) is 1.88. The van der Waals surface area contributed by atoms with Crippen LogP contribution in [0.5, 0.6) is 11.5 Å². The van der Waals surface area contributed by atoms with Gasteiger partial charge in [0.1, 0.15) is 11.5 Å². The van der Waals surface area contributed by atoms with Gasteiger partial charge in [-0.3, -0.25) is 9.59 Å². The van der Waals surface area contributed by atoms with E-state index in [1.165, 1.54) is 0 Å². The first-order valence-electron chi connectivity index (χ1n) is 11.2. The van der Waals surface area contributed by atoms with Crippen LogP contribution in [-0.4, -0.2) is 62.0 Å². The first-order chi connectivity index (χ1) is 16.6. The zero-order valence-electron chi connectivity index (χ0n) is 19.4. The van der Waals surface area contributed by atoms with E-state index in [0.29, 0.717) is 48.8 Å². The molecular weight excluding hydrogens is 428 g/mol. The smallest absolute Gasteiger partial charge is 0.254 e. The van der Waals surface area contributed by atoms with Crippen molar-refractivity contribution in [3.8, 4) is 11.5 Å². The minimum atomic E-state index is -0.0643. The largest absolute Gasteiger partial charge is 0.497 e. The average molecular weight is 457 g/mol. The molecule has 1 fully saturated rings. The quantitative estimate of drug-likeness (QED) is 0.412. The number of carbonyl (C=O) groups is 2. The summed E-state index contributed by atoms with van der Waals surface area (Å²) in [5.41, 5.74) is 2.86. The normalized spacial score (nSPS) is 14.0. The Kier molecular flexibility index (Phi) is 7.28. The van der Waals surface area contributed by atoms with Gasteiger partial charge in [0.2, 0.25) is 0 Å². The predicted octanol–water partition coefficient (Wildman–Crippen LogP) is 4.23. The fraction of sp³-hybridized carbons (Fsp3) is 0.214. The van der Waals surface area contributed by atoms with Crippen LogP contribution < -0.4 is 9.47 Å². The van der Waals surface area contributed by atoms with Crippen molar-refractivity contribution in [3.05, 3.63) is 95.6 Å². The van der Waals surface area contributed by atoms with E-state index in [1.54, 1.807) is 37.3 Å². The molecule has 0 spiro atoms. The number of benzene rings is 3. The Morgan fingerprint density at radius 1 is 0.735 bits per heavy atom. The first-order valence-corrected chi connectivity index (χ1v) is 11.2. The lowest BCUT2D eigenvalue weighted by atomic mass is 10.0. The van der Waals surface area contributed by atoms with Crippen molar-refractivity contribution >= 4 is 23.5 Å². The van der Waals surface area contributed by atoms with Crippen LogP contribution in [0.3, 0.4) is 0 Å². The van der Waals surface area contributed by atoms with E-state index in [4.69, 9.17) is 9.47 Å². The van der Waals surface area contributed by atoms with Gasteiger partial charge < -0.3 is 19.3 Å². The molecule has 0 bridgehead atoms. The van der Waals surface area contributed by atoms with Gasteiger partial charge in [-0.25, -0.2) is 0 Å². The molecule has 0 unspecified atom stereocenters. The van der Waals surface area contributed by atoms with Crippen LogP contribution in [0.25, 0.3) is 11.6 Å². The summed E-state index contributed by atoms with van der Waals surface area (Å²) >= 11 is 0. The van der Waals surface area contributed by atoms with E-state index in [0.717, 1.165) is 11.1 Å². The highest BCUT2D eigenvalue weighted by Crippen LogP contribution is 2.26. The fourth-order valence-corrected chi connectivity index (χ4v) is 4.05. The molecule has 1 aliphatic heterocycles. The third-order valence-electron chi connectivity index (χ3n) is 5.92. The maximum absolute atomic E-state index is 13.6. The highest BCUT2D eigenvalue weighted by Gasteiger charge is 2.27. The molecule has 2 amide bonds. The van der Waals surface area contributed by atoms with E-state index in [-0.39, 0.29) is 11.8 Å². The summed E-state index contributed by atoms with van der Waals surface area (Å²) in [6, 6.07) is 24.4. The molecule has 174 valence electrons. The number of amides is 2. The number of methoxy groups -OCH3 is 2. The van der Waals surface area contributed by atoms with E-state index in [1.807, 2.05) is 71.6 Å². The molecule has 0 N–H and O–H groups in total. The van der Waals surface area contributed by atoms with Crippen LogP contribution in [0, 0.1) is 0 Å². The highest BCUT2D eigenvalue weighted by molar-refractivity contribution is 6.24. The van der Waals surface area contributed by atoms with Gasteiger partial charge in [-0.2, -0.15) is 0 Å². The number of para-hydroxylation sites is 1. The summed E-state index contributed by atoms with van der Waals surface area (Å²) in [5, 5.41) is 0. The molecule has 1 aliphatic rings. The molecule has 1 heterocycles. The number of piperazine rings is 1. The molecule has 0 aromatic heterocycles. The fourth-order valence-electron chi connectivity index (χ4n) is 4.05. The summed E-state index contributed by atoms with van der Waals surface area (Å²) in [7, 11) is 3.20. The third-order valence-corrected chi connectivity index (χ3v) is 5.92. The Morgan fingerprint density at radius 2 is 1.38 bits per heavy atom. The lowest BCUT2D eigenvalue weighted by molar-refractivity contribution is -0.126. The molecule has 4 rings (SSSR count). The Bertz CT molecular complexity index is 1180. The predicted molar refractivity (Wildman–Crippen MR) is 133 cm³/mol. The molecule has 6 nitrogen and oxygen atoms in total. The van der Waals surface area contributed by atoms with Crippen molar-refractivity contribution in [3.63, 3.8) is 0 Å². The lowest BCUT2D eigenvalue weighted by Gasteiger charge is -2.35. The molecule has 6 heteroatoms. The molecule has 34 heavy (non-hydrogen) atoms. The van der Waals surface area contributed by atoms with Gasteiger partial charge in [-0.1, -0.05) is 54.6 Å². The molecule has 0 saturated carbocycles. The van der Waals surface area contributed by atoms with Crippen molar-refractivity contribution < 1.29 is 19.1 Å². The topological polar surface area (TPSA) is 59.1 Å². The summed E-state index contributed by atoms with van der Waals surface area (Å²) < 4.78 is 10.7. The second kappa shape index (κ2) is 10.7. The Labute approximate surface area is 200 Å². The molecule has 3 aromatic rings. The molecular formula is C28H28N2O4. The summed E-state index contributed by atoms with van der Waals surface area (Å²) in [4.78, 5) is 30.2. The molecule has 0 aliphatic carbocycles. The van der Waals surface area contributed by atoms with Crippen LogP contribution >= 0.6 is 0 Å². The Morgan fingerprint density at radius 3 is 2.09 bits per heavy atom. The first kappa shape index (κ1) is 23.1. The van der Waals surface area contributed by atoms with Crippen molar-refractivity contribution in [1.82, 2.24) is 9.80 Å². The lowest BCUT2D eigenvalue weighted by Crippen LogP contribution is -2.50. The maximum Gasteiger partial charge on any atom is 0.254 e. The standard InChI is InChI=1S/C28H28N2O4/c1-33-24-13-8-12-23(19-24)27(31)29-15-17-30(18-16-29)28(32)25(21-9-4-3-5-10-21)20-22-11-6-7-14-26(22)34-2/h3-14,19-20H,15-18H2,1-2H3/b25-20+. The van der Waals surface area contributed by atoms with Crippen LogP contribution in [0.4, 0.5) is 0 Å². The summed E-state index contributed by atoms with van der Waals surface area (Å²) in [5.74, 6) is 1.23.